The zero-order chi connectivity index (χ0) is 13.1. The number of phenols is 1. The Bertz CT molecular complexity index is 418. The third kappa shape index (κ3) is 3.60. The van der Waals surface area contributed by atoms with E-state index in [2.05, 4.69) is 5.32 Å². The highest BCUT2D eigenvalue weighted by Gasteiger charge is 2.19. The lowest BCUT2D eigenvalue weighted by atomic mass is 9.95. The minimum Gasteiger partial charge on any atom is -0.508 e. The van der Waals surface area contributed by atoms with Gasteiger partial charge in [-0.2, -0.15) is 0 Å². The van der Waals surface area contributed by atoms with Crippen LogP contribution >= 0.6 is 0 Å². The summed E-state index contributed by atoms with van der Waals surface area (Å²) in [5, 5.41) is 31.9. The van der Waals surface area contributed by atoms with Crippen molar-refractivity contribution >= 4 is 11.4 Å². The third-order valence-corrected chi connectivity index (χ3v) is 2.36. The van der Waals surface area contributed by atoms with Gasteiger partial charge in [-0.25, -0.2) is 0 Å². The van der Waals surface area contributed by atoms with Gasteiger partial charge in [0.2, 0.25) is 0 Å². The Labute approximate surface area is 99.0 Å². The van der Waals surface area contributed by atoms with Crippen LogP contribution in [-0.4, -0.2) is 28.3 Å². The number of nitro groups is 1. The van der Waals surface area contributed by atoms with Crippen molar-refractivity contribution < 1.29 is 15.1 Å². The largest absolute Gasteiger partial charge is 0.508 e. The first-order chi connectivity index (χ1) is 7.85. The summed E-state index contributed by atoms with van der Waals surface area (Å²) >= 11 is 0. The number of benzene rings is 1. The van der Waals surface area contributed by atoms with E-state index in [9.17, 15) is 15.2 Å². The predicted molar refractivity (Wildman–Crippen MR) is 64.1 cm³/mol. The van der Waals surface area contributed by atoms with Crippen molar-refractivity contribution in [3.8, 4) is 5.75 Å². The van der Waals surface area contributed by atoms with Crippen LogP contribution in [0.3, 0.4) is 0 Å². The maximum atomic E-state index is 10.8. The summed E-state index contributed by atoms with van der Waals surface area (Å²) in [6, 6.07) is 3.91. The molecule has 0 amide bonds. The first kappa shape index (κ1) is 13.2. The molecule has 0 atom stereocenters. The summed E-state index contributed by atoms with van der Waals surface area (Å²) in [6.07, 6.45) is 0. The molecule has 0 aliphatic rings. The van der Waals surface area contributed by atoms with Crippen LogP contribution in [0.1, 0.15) is 13.8 Å². The molecule has 0 radical (unpaired) electrons. The molecule has 1 aromatic carbocycles. The van der Waals surface area contributed by atoms with E-state index in [1.807, 2.05) is 13.8 Å². The Hall–Kier alpha value is -1.82. The molecule has 1 rings (SSSR count). The minimum absolute atomic E-state index is 0.0219. The highest BCUT2D eigenvalue weighted by molar-refractivity contribution is 5.63. The van der Waals surface area contributed by atoms with Crippen molar-refractivity contribution in [1.29, 1.82) is 0 Å². The van der Waals surface area contributed by atoms with E-state index in [4.69, 9.17) is 5.11 Å². The predicted octanol–water partition coefficient (Wildman–Crippen LogP) is 1.73. The van der Waals surface area contributed by atoms with Gasteiger partial charge in [-0.05, 0) is 12.1 Å². The fourth-order valence-corrected chi connectivity index (χ4v) is 1.21. The monoisotopic (exact) mass is 240 g/mol. The molecule has 0 heterocycles. The average Bonchev–Trinajstić information content (AvgIpc) is 2.27. The molecule has 6 heteroatoms. The van der Waals surface area contributed by atoms with Crippen LogP contribution in [0, 0.1) is 15.5 Å². The van der Waals surface area contributed by atoms with Crippen molar-refractivity contribution in [3.63, 3.8) is 0 Å². The molecule has 0 aliphatic heterocycles. The van der Waals surface area contributed by atoms with Crippen LogP contribution in [0.25, 0.3) is 0 Å². The molecule has 0 saturated carbocycles. The average molecular weight is 240 g/mol. The van der Waals surface area contributed by atoms with Crippen LogP contribution in [0.2, 0.25) is 0 Å². The smallest absolute Gasteiger partial charge is 0.296 e. The van der Waals surface area contributed by atoms with Crippen LogP contribution in [0.4, 0.5) is 11.4 Å². The molecule has 0 spiro atoms. The zero-order valence-electron chi connectivity index (χ0n) is 9.80. The molecule has 0 aromatic heterocycles. The molecule has 0 fully saturated rings. The summed E-state index contributed by atoms with van der Waals surface area (Å²) in [4.78, 5) is 10.2. The fraction of sp³-hybridized carbons (Fsp3) is 0.455. The number of nitro benzene ring substituents is 1. The molecule has 3 N–H and O–H groups in total. The SMILES string of the molecule is CC(C)(CO)CNc1ccc(O)cc1[N+](=O)[O-]. The number of anilines is 1. The highest BCUT2D eigenvalue weighted by Crippen LogP contribution is 2.29. The normalized spacial score (nSPS) is 11.2. The molecule has 0 unspecified atom stereocenters. The van der Waals surface area contributed by atoms with E-state index >= 15 is 0 Å². The second-order valence-electron chi connectivity index (χ2n) is 4.63. The minimum atomic E-state index is -0.562. The molecule has 0 saturated heterocycles. The number of hydrogen-bond donors (Lipinski definition) is 3. The summed E-state index contributed by atoms with van der Waals surface area (Å²) in [5.74, 6) is -0.149. The lowest BCUT2D eigenvalue weighted by Gasteiger charge is -2.22. The molecule has 94 valence electrons. The zero-order valence-corrected chi connectivity index (χ0v) is 9.80. The van der Waals surface area contributed by atoms with E-state index in [-0.39, 0.29) is 23.5 Å². The van der Waals surface area contributed by atoms with Gasteiger partial charge in [0.25, 0.3) is 5.69 Å². The number of rotatable bonds is 5. The Morgan fingerprint density at radius 1 is 1.47 bits per heavy atom. The maximum absolute atomic E-state index is 10.8. The van der Waals surface area contributed by atoms with E-state index < -0.39 is 4.92 Å². The molecule has 17 heavy (non-hydrogen) atoms. The second-order valence-corrected chi connectivity index (χ2v) is 4.63. The number of nitrogens with one attached hydrogen (secondary N) is 1. The van der Waals surface area contributed by atoms with Gasteiger partial charge in [-0.15, -0.1) is 0 Å². The lowest BCUT2D eigenvalue weighted by molar-refractivity contribution is -0.384. The number of aliphatic hydroxyl groups excluding tert-OH is 1. The number of hydrogen-bond acceptors (Lipinski definition) is 5. The van der Waals surface area contributed by atoms with Crippen molar-refractivity contribution in [1.82, 2.24) is 0 Å². The van der Waals surface area contributed by atoms with Crippen molar-refractivity contribution in [3.05, 3.63) is 28.3 Å². The highest BCUT2D eigenvalue weighted by atomic mass is 16.6. The Morgan fingerprint density at radius 3 is 2.65 bits per heavy atom. The van der Waals surface area contributed by atoms with Gasteiger partial charge in [-0.1, -0.05) is 13.8 Å². The number of aliphatic hydroxyl groups is 1. The van der Waals surface area contributed by atoms with E-state index in [1.165, 1.54) is 12.1 Å². The van der Waals surface area contributed by atoms with Gasteiger partial charge in [0, 0.05) is 18.6 Å². The summed E-state index contributed by atoms with van der Waals surface area (Å²) in [6.45, 7) is 4.06. The molecule has 1 aromatic rings. The van der Waals surface area contributed by atoms with Crippen LogP contribution in [0.15, 0.2) is 18.2 Å². The van der Waals surface area contributed by atoms with E-state index in [0.717, 1.165) is 6.07 Å². The number of phenolic OH excluding ortho intramolecular Hbond substituents is 1. The molecular weight excluding hydrogens is 224 g/mol. The van der Waals surface area contributed by atoms with Gasteiger partial charge in [0.05, 0.1) is 11.0 Å². The number of nitrogens with zero attached hydrogens (tertiary/aromatic N) is 1. The van der Waals surface area contributed by atoms with Crippen molar-refractivity contribution in [2.45, 2.75) is 13.8 Å². The topological polar surface area (TPSA) is 95.6 Å². The van der Waals surface area contributed by atoms with Gasteiger partial charge < -0.3 is 15.5 Å². The van der Waals surface area contributed by atoms with Gasteiger partial charge >= 0.3 is 0 Å². The Balaban J connectivity index is 2.88. The second kappa shape index (κ2) is 5.01. The van der Waals surface area contributed by atoms with Crippen molar-refractivity contribution in [2.24, 2.45) is 5.41 Å². The first-order valence-corrected chi connectivity index (χ1v) is 5.18. The molecule has 6 nitrogen and oxygen atoms in total. The maximum Gasteiger partial charge on any atom is 0.296 e. The summed E-state index contributed by atoms with van der Waals surface area (Å²) in [7, 11) is 0. The van der Waals surface area contributed by atoms with Crippen molar-refractivity contribution in [2.75, 3.05) is 18.5 Å². The fourth-order valence-electron chi connectivity index (χ4n) is 1.21. The lowest BCUT2D eigenvalue weighted by Crippen LogP contribution is -2.27. The van der Waals surface area contributed by atoms with E-state index in [0.29, 0.717) is 12.2 Å². The summed E-state index contributed by atoms with van der Waals surface area (Å²) in [5.41, 5.74) is -0.223. The molecule has 0 bridgehead atoms. The quantitative estimate of drug-likeness (QED) is 0.414. The molecular formula is C11H16N2O4. The third-order valence-electron chi connectivity index (χ3n) is 2.36. The Morgan fingerprint density at radius 2 is 2.12 bits per heavy atom. The van der Waals surface area contributed by atoms with Crippen LogP contribution in [0.5, 0.6) is 5.75 Å². The first-order valence-electron chi connectivity index (χ1n) is 5.18. The Kier molecular flexibility index (Phi) is 3.90. The standard InChI is InChI=1S/C11H16N2O4/c1-11(2,7-14)6-12-9-4-3-8(15)5-10(9)13(16)17/h3-5,12,14-15H,6-7H2,1-2H3. The van der Waals surface area contributed by atoms with Gasteiger partial charge in [0.1, 0.15) is 11.4 Å². The van der Waals surface area contributed by atoms with Crippen LogP contribution < -0.4 is 5.32 Å². The summed E-state index contributed by atoms with van der Waals surface area (Å²) < 4.78 is 0. The number of aromatic hydroxyl groups is 1. The van der Waals surface area contributed by atoms with Crippen LogP contribution in [-0.2, 0) is 0 Å². The van der Waals surface area contributed by atoms with Gasteiger partial charge in [-0.3, -0.25) is 10.1 Å². The van der Waals surface area contributed by atoms with Gasteiger partial charge in [0.15, 0.2) is 0 Å². The van der Waals surface area contributed by atoms with E-state index in [1.54, 1.807) is 0 Å². The molecule has 0 aliphatic carbocycles.